The number of aromatic nitrogens is 1. The van der Waals surface area contributed by atoms with Crippen LogP contribution in [0, 0.1) is 0 Å². The first kappa shape index (κ1) is 29.6. The minimum absolute atomic E-state index is 0. The van der Waals surface area contributed by atoms with Gasteiger partial charge in [0.05, 0.1) is 23.4 Å². The maximum Gasteiger partial charge on any atom is 0.243 e. The highest BCUT2D eigenvalue weighted by Crippen LogP contribution is 2.26. The second-order valence-corrected chi connectivity index (χ2v) is 12.4. The highest BCUT2D eigenvalue weighted by molar-refractivity contribution is 8.93. The monoisotopic (exact) mass is 647 g/mol. The summed E-state index contributed by atoms with van der Waals surface area (Å²) in [6.45, 7) is 1.89. The van der Waals surface area contributed by atoms with E-state index >= 15 is 0 Å². The number of halogens is 2. The molecule has 206 valence electrons. The van der Waals surface area contributed by atoms with E-state index in [1.807, 2.05) is 48.5 Å². The number of hydrogen-bond acceptors (Lipinski definition) is 5. The van der Waals surface area contributed by atoms with Gasteiger partial charge in [0.25, 0.3) is 0 Å². The molecule has 0 radical (unpaired) electrons. The molecule has 0 N–H and O–H groups in total. The molecule has 0 bridgehead atoms. The van der Waals surface area contributed by atoms with Crippen LogP contribution in [0.5, 0.6) is 5.75 Å². The highest BCUT2D eigenvalue weighted by atomic mass is 79.9. The molecule has 3 aromatic carbocycles. The summed E-state index contributed by atoms with van der Waals surface area (Å²) in [4.78, 5) is 6.07. The first-order valence-electron chi connectivity index (χ1n) is 12.7. The van der Waals surface area contributed by atoms with Crippen molar-refractivity contribution in [2.45, 2.75) is 37.1 Å². The van der Waals surface area contributed by atoms with Gasteiger partial charge in [0.15, 0.2) is 4.80 Å². The number of thiazole rings is 1. The summed E-state index contributed by atoms with van der Waals surface area (Å²) in [5, 5.41) is 2.71. The van der Waals surface area contributed by atoms with Crippen LogP contribution in [-0.4, -0.2) is 37.5 Å². The first-order chi connectivity index (χ1) is 18.4. The van der Waals surface area contributed by atoms with Gasteiger partial charge in [0.1, 0.15) is 5.75 Å². The Morgan fingerprint density at radius 1 is 0.974 bits per heavy atom. The normalized spacial score (nSPS) is 14.7. The molecule has 5 rings (SSSR count). The van der Waals surface area contributed by atoms with E-state index in [4.69, 9.17) is 21.3 Å². The van der Waals surface area contributed by atoms with Crippen LogP contribution < -0.4 is 9.54 Å². The number of benzene rings is 3. The fraction of sp³-hybridized carbons (Fsp3) is 0.276. The fourth-order valence-electron chi connectivity index (χ4n) is 4.61. The van der Waals surface area contributed by atoms with Crippen LogP contribution in [0.3, 0.4) is 0 Å². The zero-order valence-corrected chi connectivity index (χ0v) is 25.7. The third-order valence-corrected chi connectivity index (χ3v) is 9.73. The van der Waals surface area contributed by atoms with Gasteiger partial charge < -0.3 is 9.30 Å². The van der Waals surface area contributed by atoms with Crippen molar-refractivity contribution >= 4 is 55.6 Å². The van der Waals surface area contributed by atoms with Crippen LogP contribution in [0.4, 0.5) is 5.69 Å². The number of aryl methyl sites for hydroxylation is 1. The van der Waals surface area contributed by atoms with Gasteiger partial charge in [-0.2, -0.15) is 4.31 Å². The molecule has 4 aromatic rings. The standard InChI is InChI=1S/C29H30ClN3O3S2.BrH/c1-36-26-12-8-22(9-13-26)16-19-33-28(21-37-29(33)31-25-7-5-6-24(30)20-25)23-10-14-27(15-11-23)38(34,35)32-17-3-2-4-18-32;/h5-15,20-21H,2-4,16-19H2,1H3;1H. The number of ether oxygens (including phenoxy) is 1. The van der Waals surface area contributed by atoms with Crippen molar-refractivity contribution in [2.75, 3.05) is 20.2 Å². The Morgan fingerprint density at radius 3 is 2.36 bits per heavy atom. The summed E-state index contributed by atoms with van der Waals surface area (Å²) >= 11 is 7.75. The maximum absolute atomic E-state index is 13.1. The van der Waals surface area contributed by atoms with E-state index in [1.54, 1.807) is 34.9 Å². The van der Waals surface area contributed by atoms with Crippen LogP contribution in [0.1, 0.15) is 24.8 Å². The average molecular weight is 649 g/mol. The van der Waals surface area contributed by atoms with Crippen molar-refractivity contribution in [1.82, 2.24) is 8.87 Å². The summed E-state index contributed by atoms with van der Waals surface area (Å²) in [7, 11) is -1.81. The molecule has 1 saturated heterocycles. The quantitative estimate of drug-likeness (QED) is 0.205. The number of sulfonamides is 1. The van der Waals surface area contributed by atoms with Gasteiger partial charge in [-0.05, 0) is 72.9 Å². The predicted octanol–water partition coefficient (Wildman–Crippen LogP) is 7.11. The van der Waals surface area contributed by atoms with Crippen molar-refractivity contribution in [3.63, 3.8) is 0 Å². The van der Waals surface area contributed by atoms with Gasteiger partial charge in [0.2, 0.25) is 10.0 Å². The molecule has 10 heteroatoms. The summed E-state index contributed by atoms with van der Waals surface area (Å²) in [5.41, 5.74) is 3.91. The average Bonchev–Trinajstić information content (AvgIpc) is 3.34. The van der Waals surface area contributed by atoms with Crippen molar-refractivity contribution < 1.29 is 13.2 Å². The molecular weight excluding hydrogens is 618 g/mol. The Morgan fingerprint density at radius 2 is 1.69 bits per heavy atom. The molecule has 1 fully saturated rings. The summed E-state index contributed by atoms with van der Waals surface area (Å²) in [5.74, 6) is 0.828. The SMILES string of the molecule is Br.COc1ccc(CCn2c(-c3ccc(S(=O)(=O)N4CCCCC4)cc3)csc2=Nc2cccc(Cl)c2)cc1. The van der Waals surface area contributed by atoms with Crippen LogP contribution in [0.25, 0.3) is 11.3 Å². The minimum Gasteiger partial charge on any atom is -0.497 e. The third-order valence-electron chi connectivity index (χ3n) is 6.72. The largest absolute Gasteiger partial charge is 0.497 e. The molecule has 1 aromatic heterocycles. The van der Waals surface area contributed by atoms with Crippen LogP contribution in [0.15, 0.2) is 88.1 Å². The third kappa shape index (κ3) is 7.02. The zero-order valence-electron chi connectivity index (χ0n) is 21.6. The Balaban J connectivity index is 0.00000353. The van der Waals surface area contributed by atoms with E-state index in [-0.39, 0.29) is 17.0 Å². The molecule has 0 atom stereocenters. The molecule has 2 heterocycles. The maximum atomic E-state index is 13.1. The van der Waals surface area contributed by atoms with Crippen molar-refractivity contribution in [2.24, 2.45) is 4.99 Å². The van der Waals surface area contributed by atoms with Gasteiger partial charge in [-0.1, -0.05) is 48.4 Å². The second kappa shape index (κ2) is 13.3. The Bertz CT molecular complexity index is 1560. The van der Waals surface area contributed by atoms with E-state index < -0.39 is 10.0 Å². The minimum atomic E-state index is -3.47. The lowest BCUT2D eigenvalue weighted by atomic mass is 10.1. The first-order valence-corrected chi connectivity index (χ1v) is 15.4. The van der Waals surface area contributed by atoms with E-state index in [0.717, 1.165) is 53.2 Å². The number of methoxy groups -OCH3 is 1. The lowest BCUT2D eigenvalue weighted by molar-refractivity contribution is 0.346. The topological polar surface area (TPSA) is 63.9 Å². The van der Waals surface area contributed by atoms with Crippen molar-refractivity contribution in [3.8, 4) is 17.0 Å². The van der Waals surface area contributed by atoms with Gasteiger partial charge in [-0.3, -0.25) is 0 Å². The summed E-state index contributed by atoms with van der Waals surface area (Å²) < 4.78 is 35.3. The summed E-state index contributed by atoms with van der Waals surface area (Å²) in [6, 6.07) is 22.8. The van der Waals surface area contributed by atoms with Crippen LogP contribution in [-0.2, 0) is 23.0 Å². The Labute approximate surface area is 249 Å². The van der Waals surface area contributed by atoms with Gasteiger partial charge >= 0.3 is 0 Å². The molecule has 0 amide bonds. The number of rotatable bonds is 8. The van der Waals surface area contributed by atoms with E-state index in [0.29, 0.717) is 29.6 Å². The zero-order chi connectivity index (χ0) is 26.5. The van der Waals surface area contributed by atoms with Gasteiger partial charge in [0, 0.05) is 30.0 Å². The number of hydrogen-bond donors (Lipinski definition) is 0. The Kier molecular flexibility index (Phi) is 10.1. The predicted molar refractivity (Wildman–Crippen MR) is 164 cm³/mol. The molecule has 6 nitrogen and oxygen atoms in total. The summed E-state index contributed by atoms with van der Waals surface area (Å²) in [6.07, 6.45) is 3.72. The van der Waals surface area contributed by atoms with Gasteiger partial charge in [-0.25, -0.2) is 13.4 Å². The molecule has 0 aliphatic carbocycles. The smallest absolute Gasteiger partial charge is 0.243 e. The number of nitrogens with zero attached hydrogens (tertiary/aromatic N) is 3. The Hall–Kier alpha value is -2.43. The molecular formula is C29H31BrClN3O3S2. The molecule has 0 unspecified atom stereocenters. The molecule has 0 spiro atoms. The van der Waals surface area contributed by atoms with E-state index in [9.17, 15) is 8.42 Å². The molecule has 0 saturated carbocycles. The lowest BCUT2D eigenvalue weighted by Crippen LogP contribution is -2.35. The number of piperidine rings is 1. The van der Waals surface area contributed by atoms with Crippen molar-refractivity contribution in [1.29, 1.82) is 0 Å². The molecule has 1 aliphatic rings. The van der Waals surface area contributed by atoms with Crippen LogP contribution in [0.2, 0.25) is 5.02 Å². The molecule has 39 heavy (non-hydrogen) atoms. The van der Waals surface area contributed by atoms with E-state index in [2.05, 4.69) is 22.1 Å². The van der Waals surface area contributed by atoms with Crippen molar-refractivity contribution in [3.05, 3.63) is 93.6 Å². The second-order valence-electron chi connectivity index (χ2n) is 9.23. The molecule has 1 aliphatic heterocycles. The fourth-order valence-corrected chi connectivity index (χ4v) is 7.26. The lowest BCUT2D eigenvalue weighted by Gasteiger charge is -2.25. The van der Waals surface area contributed by atoms with Gasteiger partial charge in [-0.15, -0.1) is 28.3 Å². The highest BCUT2D eigenvalue weighted by Gasteiger charge is 2.25. The van der Waals surface area contributed by atoms with E-state index in [1.165, 1.54) is 5.56 Å². The van der Waals surface area contributed by atoms with Crippen LogP contribution >= 0.6 is 39.9 Å².